The average molecular weight is 405 g/mol. The molecule has 2 aliphatic rings. The number of nitriles is 1. The summed E-state index contributed by atoms with van der Waals surface area (Å²) >= 11 is 6.46. The SMILES string of the molecule is N#Cc1ccc(-c2nc3ncc(Cl)c(N[C@H]4[C@@H](C(N)=O)[C@@H]5C=C[C@H]4C5)c3[nH]2)cc1. The summed E-state index contributed by atoms with van der Waals surface area (Å²) in [7, 11) is 0. The van der Waals surface area contributed by atoms with Gasteiger partial charge in [0.1, 0.15) is 11.3 Å². The summed E-state index contributed by atoms with van der Waals surface area (Å²) < 4.78 is 0. The van der Waals surface area contributed by atoms with Crippen molar-refractivity contribution in [2.24, 2.45) is 23.5 Å². The minimum Gasteiger partial charge on any atom is -0.378 e. The van der Waals surface area contributed by atoms with E-state index in [4.69, 9.17) is 22.6 Å². The lowest BCUT2D eigenvalue weighted by Gasteiger charge is -2.28. The molecule has 4 atom stereocenters. The second-order valence-electron chi connectivity index (χ2n) is 7.50. The number of fused-ring (bicyclic) bond motifs is 3. The third kappa shape index (κ3) is 2.84. The van der Waals surface area contributed by atoms with Gasteiger partial charge in [0.15, 0.2) is 5.65 Å². The molecular weight excluding hydrogens is 388 g/mol. The normalized spacial score (nSPS) is 24.7. The number of carbonyl (C=O) groups is 1. The van der Waals surface area contributed by atoms with Crippen LogP contribution in [-0.4, -0.2) is 26.9 Å². The van der Waals surface area contributed by atoms with E-state index in [0.717, 1.165) is 12.0 Å². The lowest BCUT2D eigenvalue weighted by atomic mass is 9.88. The molecule has 1 amide bonds. The van der Waals surface area contributed by atoms with E-state index in [-0.39, 0.29) is 29.7 Å². The maximum atomic E-state index is 12.0. The quantitative estimate of drug-likeness (QED) is 0.576. The standard InChI is InChI=1S/C21H17ClN6O/c22-14-9-25-21-18(27-20(28-21)11-3-1-10(8-23)2-4-11)17(14)26-16-13-6-5-12(7-13)15(16)19(24)29/h1-6,9,12-13,15-16H,7H2,(H2,24,29)(H2,25,26,27,28)/t12-,13+,15+,16-/m1/s1. The van der Waals surface area contributed by atoms with Gasteiger partial charge in [-0.25, -0.2) is 9.97 Å². The number of H-pyrrole nitrogens is 1. The minimum absolute atomic E-state index is 0.118. The van der Waals surface area contributed by atoms with Gasteiger partial charge in [0.25, 0.3) is 0 Å². The molecular formula is C21H17ClN6O. The Hall–Kier alpha value is -3.37. The van der Waals surface area contributed by atoms with Gasteiger partial charge < -0.3 is 16.0 Å². The number of halogens is 1. The van der Waals surface area contributed by atoms with Gasteiger partial charge >= 0.3 is 0 Å². The predicted molar refractivity (Wildman–Crippen MR) is 110 cm³/mol. The highest BCUT2D eigenvalue weighted by Crippen LogP contribution is 2.46. The number of nitrogens with two attached hydrogens (primary N) is 1. The first kappa shape index (κ1) is 17.7. The van der Waals surface area contributed by atoms with Crippen LogP contribution in [0.5, 0.6) is 0 Å². The fourth-order valence-corrected chi connectivity index (χ4v) is 4.69. The molecule has 0 aliphatic heterocycles. The highest BCUT2D eigenvalue weighted by molar-refractivity contribution is 6.34. The number of pyridine rings is 1. The van der Waals surface area contributed by atoms with Gasteiger partial charge in [-0.05, 0) is 42.5 Å². The van der Waals surface area contributed by atoms with Crippen molar-refractivity contribution in [3.8, 4) is 17.5 Å². The van der Waals surface area contributed by atoms with Crippen molar-refractivity contribution in [2.75, 3.05) is 5.32 Å². The number of hydrogen-bond acceptors (Lipinski definition) is 5. The van der Waals surface area contributed by atoms with Crippen LogP contribution < -0.4 is 11.1 Å². The molecule has 1 aromatic carbocycles. The number of amides is 1. The second kappa shape index (κ2) is 6.61. The van der Waals surface area contributed by atoms with Crippen LogP contribution in [0.4, 0.5) is 5.69 Å². The molecule has 1 saturated carbocycles. The number of nitrogens with zero attached hydrogens (tertiary/aromatic N) is 3. The van der Waals surface area contributed by atoms with E-state index in [0.29, 0.717) is 33.3 Å². The number of aromatic amines is 1. The molecule has 0 radical (unpaired) electrons. The Morgan fingerprint density at radius 3 is 2.76 bits per heavy atom. The second-order valence-corrected chi connectivity index (χ2v) is 7.91. The van der Waals surface area contributed by atoms with Crippen LogP contribution in [0.1, 0.15) is 12.0 Å². The zero-order valence-corrected chi connectivity index (χ0v) is 16.0. The highest BCUT2D eigenvalue weighted by Gasteiger charge is 2.47. The van der Waals surface area contributed by atoms with Crippen molar-refractivity contribution in [1.82, 2.24) is 15.0 Å². The van der Waals surface area contributed by atoms with E-state index >= 15 is 0 Å². The predicted octanol–water partition coefficient (Wildman–Crippen LogP) is 3.24. The van der Waals surface area contributed by atoms with Crippen molar-refractivity contribution in [3.63, 3.8) is 0 Å². The van der Waals surface area contributed by atoms with Crippen LogP contribution in [0.25, 0.3) is 22.6 Å². The molecule has 2 aliphatic carbocycles. The summed E-state index contributed by atoms with van der Waals surface area (Å²) in [6.07, 6.45) is 6.69. The molecule has 4 N–H and O–H groups in total. The average Bonchev–Trinajstić information content (AvgIpc) is 3.44. The number of allylic oxidation sites excluding steroid dienone is 1. The van der Waals surface area contributed by atoms with Crippen LogP contribution in [0.3, 0.4) is 0 Å². The Labute approximate surface area is 171 Å². The van der Waals surface area contributed by atoms with Crippen LogP contribution in [-0.2, 0) is 4.79 Å². The maximum Gasteiger partial charge on any atom is 0.223 e. The Kier molecular flexibility index (Phi) is 4.03. The fourth-order valence-electron chi connectivity index (χ4n) is 4.49. The Bertz CT molecular complexity index is 1190. The number of rotatable bonds is 4. The van der Waals surface area contributed by atoms with Crippen molar-refractivity contribution in [1.29, 1.82) is 5.26 Å². The van der Waals surface area contributed by atoms with Gasteiger partial charge in [-0.15, -0.1) is 0 Å². The third-order valence-corrected chi connectivity index (χ3v) is 6.15. The molecule has 0 saturated heterocycles. The van der Waals surface area contributed by atoms with Crippen molar-refractivity contribution < 1.29 is 4.79 Å². The first-order chi connectivity index (χ1) is 14.0. The maximum absolute atomic E-state index is 12.0. The topological polar surface area (TPSA) is 120 Å². The number of aromatic nitrogens is 3. The van der Waals surface area contributed by atoms with Crippen LogP contribution in [0, 0.1) is 29.1 Å². The number of hydrogen-bond donors (Lipinski definition) is 3. The molecule has 1 fully saturated rings. The third-order valence-electron chi connectivity index (χ3n) is 5.86. The number of imidazole rings is 1. The number of nitrogens with one attached hydrogen (secondary N) is 2. The van der Waals surface area contributed by atoms with Gasteiger partial charge in [-0.1, -0.05) is 23.8 Å². The number of anilines is 1. The van der Waals surface area contributed by atoms with E-state index in [1.807, 2.05) is 12.1 Å². The van der Waals surface area contributed by atoms with E-state index in [1.165, 1.54) is 0 Å². The Balaban J connectivity index is 1.54. The molecule has 0 spiro atoms. The van der Waals surface area contributed by atoms with Crippen LogP contribution in [0.15, 0.2) is 42.6 Å². The summed E-state index contributed by atoms with van der Waals surface area (Å²) in [5.74, 6) is 0.454. The van der Waals surface area contributed by atoms with Crippen molar-refractivity contribution in [3.05, 3.63) is 53.2 Å². The lowest BCUT2D eigenvalue weighted by Crippen LogP contribution is -2.41. The molecule has 2 heterocycles. The van der Waals surface area contributed by atoms with E-state index < -0.39 is 0 Å². The van der Waals surface area contributed by atoms with Gasteiger partial charge in [0, 0.05) is 11.6 Å². The number of primary amides is 1. The smallest absolute Gasteiger partial charge is 0.223 e. The van der Waals surface area contributed by atoms with Gasteiger partial charge in [-0.3, -0.25) is 4.79 Å². The molecule has 144 valence electrons. The molecule has 5 rings (SSSR count). The monoisotopic (exact) mass is 404 g/mol. The molecule has 7 nitrogen and oxygen atoms in total. The molecule has 2 aromatic heterocycles. The lowest BCUT2D eigenvalue weighted by molar-refractivity contribution is -0.122. The van der Waals surface area contributed by atoms with E-state index in [9.17, 15) is 4.79 Å². The molecule has 0 unspecified atom stereocenters. The fraction of sp³-hybridized carbons (Fsp3) is 0.238. The van der Waals surface area contributed by atoms with E-state index in [1.54, 1.807) is 18.3 Å². The Morgan fingerprint density at radius 1 is 1.28 bits per heavy atom. The first-order valence-corrected chi connectivity index (χ1v) is 9.72. The highest BCUT2D eigenvalue weighted by atomic mass is 35.5. The van der Waals surface area contributed by atoms with Gasteiger partial charge in [-0.2, -0.15) is 5.26 Å². The van der Waals surface area contributed by atoms with Crippen molar-refractivity contribution >= 4 is 34.4 Å². The Morgan fingerprint density at radius 2 is 2.03 bits per heavy atom. The van der Waals surface area contributed by atoms with Crippen molar-refractivity contribution in [2.45, 2.75) is 12.5 Å². The summed E-state index contributed by atoms with van der Waals surface area (Å²) in [6.45, 7) is 0. The molecule has 2 bridgehead atoms. The summed E-state index contributed by atoms with van der Waals surface area (Å²) in [6, 6.07) is 9.11. The van der Waals surface area contributed by atoms with Gasteiger partial charge in [0.05, 0.1) is 34.5 Å². The van der Waals surface area contributed by atoms with Gasteiger partial charge in [0.2, 0.25) is 5.91 Å². The zero-order valence-electron chi connectivity index (χ0n) is 15.3. The first-order valence-electron chi connectivity index (χ1n) is 9.34. The van der Waals surface area contributed by atoms with Crippen LogP contribution in [0.2, 0.25) is 5.02 Å². The summed E-state index contributed by atoms with van der Waals surface area (Å²) in [5.41, 5.74) is 8.96. The zero-order chi connectivity index (χ0) is 20.1. The molecule has 3 aromatic rings. The summed E-state index contributed by atoms with van der Waals surface area (Å²) in [4.78, 5) is 24.2. The number of carbonyl (C=O) groups excluding carboxylic acids is 1. The molecule has 8 heteroatoms. The number of benzene rings is 1. The van der Waals surface area contributed by atoms with Crippen LogP contribution >= 0.6 is 11.6 Å². The van der Waals surface area contributed by atoms with E-state index in [2.05, 4.69) is 38.5 Å². The molecule has 29 heavy (non-hydrogen) atoms. The largest absolute Gasteiger partial charge is 0.378 e. The minimum atomic E-state index is -0.302. The summed E-state index contributed by atoms with van der Waals surface area (Å²) in [5, 5.41) is 12.9.